The molecule has 2 aromatic rings. The largest absolute Gasteiger partial charge is 0.320 e. The van der Waals surface area contributed by atoms with Crippen LogP contribution in [0.4, 0.5) is 0 Å². The van der Waals surface area contributed by atoms with Crippen LogP contribution in [0.15, 0.2) is 36.4 Å². The zero-order valence-corrected chi connectivity index (χ0v) is 13.3. The Hall–Kier alpha value is -1.60. The predicted octanol–water partition coefficient (Wildman–Crippen LogP) is 4.93. The molecule has 0 aliphatic heterocycles. The molecule has 1 heteroatoms. The summed E-state index contributed by atoms with van der Waals surface area (Å²) >= 11 is 0. The molecule has 1 atom stereocenters. The van der Waals surface area contributed by atoms with Crippen LogP contribution in [0.3, 0.4) is 0 Å². The molecule has 0 saturated heterocycles. The number of hydrogen-bond acceptors (Lipinski definition) is 1. The molecule has 1 aliphatic rings. The minimum Gasteiger partial charge on any atom is -0.320 e. The molecule has 0 spiro atoms. The quantitative estimate of drug-likeness (QED) is 0.847. The summed E-state index contributed by atoms with van der Waals surface area (Å²) < 4.78 is 0. The third-order valence-corrected chi connectivity index (χ3v) is 4.90. The van der Waals surface area contributed by atoms with Crippen molar-refractivity contribution in [3.8, 4) is 0 Å². The first kappa shape index (κ1) is 14.3. The van der Waals surface area contributed by atoms with Gasteiger partial charge >= 0.3 is 0 Å². The molecule has 1 fully saturated rings. The van der Waals surface area contributed by atoms with Crippen molar-refractivity contribution in [2.45, 2.75) is 52.0 Å². The van der Waals surface area contributed by atoms with Gasteiger partial charge < -0.3 is 5.73 Å². The first-order valence-electron chi connectivity index (χ1n) is 7.99. The average molecular weight is 279 g/mol. The predicted molar refractivity (Wildman–Crippen MR) is 89.7 cm³/mol. The third-order valence-electron chi connectivity index (χ3n) is 4.90. The number of rotatable bonds is 3. The van der Waals surface area contributed by atoms with Gasteiger partial charge in [0.25, 0.3) is 0 Å². The van der Waals surface area contributed by atoms with Crippen molar-refractivity contribution in [3.05, 3.63) is 69.8 Å². The molecule has 110 valence electrons. The summed E-state index contributed by atoms with van der Waals surface area (Å²) in [5.41, 5.74) is 14.5. The molecule has 0 heterocycles. The summed E-state index contributed by atoms with van der Waals surface area (Å²) in [5, 5.41) is 0. The summed E-state index contributed by atoms with van der Waals surface area (Å²) in [7, 11) is 0. The van der Waals surface area contributed by atoms with E-state index in [0.29, 0.717) is 0 Å². The van der Waals surface area contributed by atoms with E-state index in [1.807, 2.05) is 0 Å². The van der Waals surface area contributed by atoms with Crippen LogP contribution in [0.5, 0.6) is 0 Å². The molecule has 1 aliphatic carbocycles. The summed E-state index contributed by atoms with van der Waals surface area (Å²) in [4.78, 5) is 0. The highest BCUT2D eigenvalue weighted by Gasteiger charge is 2.21. The van der Waals surface area contributed by atoms with Gasteiger partial charge in [0.05, 0.1) is 6.04 Å². The van der Waals surface area contributed by atoms with Crippen LogP contribution in [0.1, 0.15) is 64.6 Å². The van der Waals surface area contributed by atoms with Crippen molar-refractivity contribution in [3.63, 3.8) is 0 Å². The molecule has 21 heavy (non-hydrogen) atoms. The van der Waals surface area contributed by atoms with E-state index < -0.39 is 0 Å². The van der Waals surface area contributed by atoms with Crippen molar-refractivity contribution in [2.24, 2.45) is 5.73 Å². The maximum absolute atomic E-state index is 6.60. The summed E-state index contributed by atoms with van der Waals surface area (Å²) in [6, 6.07) is 13.4. The van der Waals surface area contributed by atoms with Crippen LogP contribution >= 0.6 is 0 Å². The van der Waals surface area contributed by atoms with Gasteiger partial charge in [0.2, 0.25) is 0 Å². The lowest BCUT2D eigenvalue weighted by Crippen LogP contribution is -2.16. The topological polar surface area (TPSA) is 26.0 Å². The van der Waals surface area contributed by atoms with Crippen LogP contribution in [0, 0.1) is 20.8 Å². The second-order valence-corrected chi connectivity index (χ2v) is 6.59. The standard InChI is InChI=1S/C20H25N/c1-13-10-14(2)19(15(3)11-13)20(21)18-9-5-8-17(12-18)16-6-4-7-16/h5,8-12,16,20H,4,6-7,21H2,1-3H3. The zero-order valence-electron chi connectivity index (χ0n) is 13.3. The lowest BCUT2D eigenvalue weighted by Gasteiger charge is -2.27. The van der Waals surface area contributed by atoms with Gasteiger partial charge in [-0.3, -0.25) is 0 Å². The molecule has 3 rings (SSSR count). The van der Waals surface area contributed by atoms with Crippen molar-refractivity contribution < 1.29 is 0 Å². The fourth-order valence-electron chi connectivity index (χ4n) is 3.60. The van der Waals surface area contributed by atoms with Crippen molar-refractivity contribution in [1.82, 2.24) is 0 Å². The average Bonchev–Trinajstić information content (AvgIpc) is 2.35. The second kappa shape index (κ2) is 5.65. The Morgan fingerprint density at radius 3 is 2.24 bits per heavy atom. The molecule has 1 saturated carbocycles. The molecule has 0 amide bonds. The number of hydrogen-bond donors (Lipinski definition) is 1. The molecule has 0 aromatic heterocycles. The molecular weight excluding hydrogens is 254 g/mol. The van der Waals surface area contributed by atoms with Gasteiger partial charge in [-0.25, -0.2) is 0 Å². The molecule has 0 radical (unpaired) electrons. The smallest absolute Gasteiger partial charge is 0.0556 e. The van der Waals surface area contributed by atoms with Gasteiger partial charge in [-0.2, -0.15) is 0 Å². The third kappa shape index (κ3) is 2.75. The Bertz CT molecular complexity index is 630. The van der Waals surface area contributed by atoms with Crippen LogP contribution < -0.4 is 5.73 Å². The molecule has 1 nitrogen and oxygen atoms in total. The van der Waals surface area contributed by atoms with Gasteiger partial charge in [-0.05, 0) is 67.3 Å². The SMILES string of the molecule is Cc1cc(C)c(C(N)c2cccc(C3CCC3)c2)c(C)c1. The Morgan fingerprint density at radius 1 is 1.00 bits per heavy atom. The van der Waals surface area contributed by atoms with E-state index in [9.17, 15) is 0 Å². The molecule has 0 bridgehead atoms. The Kier molecular flexibility index (Phi) is 3.86. The highest BCUT2D eigenvalue weighted by atomic mass is 14.6. The minimum absolute atomic E-state index is 0.0226. The molecule has 2 N–H and O–H groups in total. The van der Waals surface area contributed by atoms with E-state index >= 15 is 0 Å². The van der Waals surface area contributed by atoms with E-state index in [1.165, 1.54) is 52.6 Å². The first-order valence-corrected chi connectivity index (χ1v) is 7.99. The van der Waals surface area contributed by atoms with Crippen molar-refractivity contribution >= 4 is 0 Å². The van der Waals surface area contributed by atoms with Crippen LogP contribution in [0.25, 0.3) is 0 Å². The van der Waals surface area contributed by atoms with Crippen molar-refractivity contribution in [2.75, 3.05) is 0 Å². The molecular formula is C20H25N. The number of nitrogens with two attached hydrogens (primary N) is 1. The second-order valence-electron chi connectivity index (χ2n) is 6.59. The number of aryl methyl sites for hydroxylation is 3. The Labute approximate surface area is 128 Å². The zero-order chi connectivity index (χ0) is 15.0. The van der Waals surface area contributed by atoms with E-state index in [-0.39, 0.29) is 6.04 Å². The highest BCUT2D eigenvalue weighted by Crippen LogP contribution is 2.37. The Morgan fingerprint density at radius 2 is 1.67 bits per heavy atom. The summed E-state index contributed by atoms with van der Waals surface area (Å²) in [6.07, 6.45) is 4.04. The van der Waals surface area contributed by atoms with Crippen LogP contribution in [-0.2, 0) is 0 Å². The maximum Gasteiger partial charge on any atom is 0.0556 e. The van der Waals surface area contributed by atoms with Gasteiger partial charge in [-0.1, -0.05) is 48.4 Å². The Balaban J connectivity index is 1.96. The van der Waals surface area contributed by atoms with E-state index in [2.05, 4.69) is 57.2 Å². The van der Waals surface area contributed by atoms with Gasteiger partial charge in [0.15, 0.2) is 0 Å². The minimum atomic E-state index is -0.0226. The van der Waals surface area contributed by atoms with Gasteiger partial charge in [-0.15, -0.1) is 0 Å². The van der Waals surface area contributed by atoms with E-state index in [0.717, 1.165) is 5.92 Å². The van der Waals surface area contributed by atoms with Gasteiger partial charge in [0, 0.05) is 0 Å². The first-order chi connectivity index (χ1) is 10.1. The van der Waals surface area contributed by atoms with E-state index in [4.69, 9.17) is 5.73 Å². The van der Waals surface area contributed by atoms with Gasteiger partial charge in [0.1, 0.15) is 0 Å². The van der Waals surface area contributed by atoms with E-state index in [1.54, 1.807) is 0 Å². The highest BCUT2D eigenvalue weighted by molar-refractivity contribution is 5.44. The van der Waals surface area contributed by atoms with Crippen LogP contribution in [-0.4, -0.2) is 0 Å². The number of benzene rings is 2. The maximum atomic E-state index is 6.60. The van der Waals surface area contributed by atoms with Crippen molar-refractivity contribution in [1.29, 1.82) is 0 Å². The lowest BCUT2D eigenvalue weighted by atomic mass is 9.79. The fourth-order valence-corrected chi connectivity index (χ4v) is 3.60. The lowest BCUT2D eigenvalue weighted by molar-refractivity contribution is 0.419. The molecule has 1 unspecified atom stereocenters. The molecule has 2 aromatic carbocycles. The summed E-state index contributed by atoms with van der Waals surface area (Å²) in [5.74, 6) is 0.761. The normalized spacial score (nSPS) is 16.6. The monoisotopic (exact) mass is 279 g/mol. The summed E-state index contributed by atoms with van der Waals surface area (Å²) in [6.45, 7) is 6.49. The van der Waals surface area contributed by atoms with Crippen LogP contribution in [0.2, 0.25) is 0 Å². The fraction of sp³-hybridized carbons (Fsp3) is 0.400.